The third-order valence-electron chi connectivity index (χ3n) is 4.39. The van der Waals surface area contributed by atoms with Gasteiger partial charge in [0.25, 0.3) is 5.69 Å². The van der Waals surface area contributed by atoms with Gasteiger partial charge in [0, 0.05) is 44.8 Å². The molecule has 0 amide bonds. The van der Waals surface area contributed by atoms with Crippen LogP contribution in [0.25, 0.3) is 4.91 Å². The first-order valence-electron chi connectivity index (χ1n) is 8.43. The number of nitrogens with one attached hydrogen (secondary N) is 1. The second-order valence-electron chi connectivity index (χ2n) is 6.42. The van der Waals surface area contributed by atoms with Crippen molar-refractivity contribution in [3.8, 4) is 0 Å². The van der Waals surface area contributed by atoms with Gasteiger partial charge in [0.05, 0.1) is 15.5 Å². The number of allylic oxidation sites excluding steroid dienone is 1. The number of nitro benzene ring substituents is 1. The lowest BCUT2D eigenvalue weighted by molar-refractivity contribution is -0.384. The maximum Gasteiger partial charge on any atom is 0.294 e. The standard InChI is InChI=1S/C18H20N6O3S/c1-11-17(28-16(10-25)23(11)4)13-7-8-19-18(21-13)20-12-5-6-14(22(2)3)15(9-12)24(26)27/h5-10,16H,1-4H3,(H,19,20,21). The molecular weight excluding hydrogens is 380 g/mol. The van der Waals surface area contributed by atoms with E-state index in [1.165, 1.54) is 17.8 Å². The quantitative estimate of drug-likeness (QED) is 0.445. The number of hydrogen-bond donors (Lipinski definition) is 1. The Bertz CT molecular complexity index is 962. The van der Waals surface area contributed by atoms with E-state index in [9.17, 15) is 14.9 Å². The summed E-state index contributed by atoms with van der Waals surface area (Å²) in [7, 11) is 5.36. The molecular formula is C18H20N6O3S. The van der Waals surface area contributed by atoms with Crippen LogP contribution in [0.3, 0.4) is 0 Å². The Kier molecular flexibility index (Phi) is 5.50. The zero-order valence-electron chi connectivity index (χ0n) is 15.9. The Hall–Kier alpha value is -3.14. The minimum atomic E-state index is -0.420. The van der Waals surface area contributed by atoms with Crippen molar-refractivity contribution in [2.24, 2.45) is 0 Å². The number of carbonyl (C=O) groups is 1. The number of nitrogens with zero attached hydrogens (tertiary/aromatic N) is 5. The third-order valence-corrected chi connectivity index (χ3v) is 5.80. The summed E-state index contributed by atoms with van der Waals surface area (Å²) in [5.41, 5.74) is 2.67. The maximum absolute atomic E-state index is 11.4. The van der Waals surface area contributed by atoms with Crippen molar-refractivity contribution in [3.05, 3.63) is 52.0 Å². The number of anilines is 3. The zero-order valence-corrected chi connectivity index (χ0v) is 16.7. The van der Waals surface area contributed by atoms with Gasteiger partial charge < -0.3 is 19.9 Å². The lowest BCUT2D eigenvalue weighted by atomic mass is 10.2. The van der Waals surface area contributed by atoms with Gasteiger partial charge in [-0.15, -0.1) is 0 Å². The average molecular weight is 400 g/mol. The smallest absolute Gasteiger partial charge is 0.294 e. The van der Waals surface area contributed by atoms with Crippen molar-refractivity contribution in [1.29, 1.82) is 0 Å². The first-order valence-corrected chi connectivity index (χ1v) is 9.31. The molecule has 1 aromatic heterocycles. The van der Waals surface area contributed by atoms with E-state index in [4.69, 9.17) is 0 Å². The number of benzene rings is 1. The largest absolute Gasteiger partial charge is 0.372 e. The molecule has 146 valence electrons. The maximum atomic E-state index is 11.4. The van der Waals surface area contributed by atoms with Gasteiger partial charge in [0.1, 0.15) is 11.1 Å². The fourth-order valence-corrected chi connectivity index (χ4v) is 3.96. The average Bonchev–Trinajstić information content (AvgIpc) is 2.96. The van der Waals surface area contributed by atoms with Gasteiger partial charge in [-0.1, -0.05) is 11.8 Å². The Morgan fingerprint density at radius 2 is 2.11 bits per heavy atom. The van der Waals surface area contributed by atoms with Gasteiger partial charge in [-0.25, -0.2) is 9.97 Å². The molecule has 2 aromatic rings. The van der Waals surface area contributed by atoms with Crippen LogP contribution in [0.15, 0.2) is 36.2 Å². The van der Waals surface area contributed by atoms with Crippen LogP contribution < -0.4 is 10.2 Å². The van der Waals surface area contributed by atoms with Crippen molar-refractivity contribution >= 4 is 46.0 Å². The molecule has 28 heavy (non-hydrogen) atoms. The fourth-order valence-electron chi connectivity index (χ4n) is 2.80. The highest BCUT2D eigenvalue weighted by Gasteiger charge is 2.28. The predicted molar refractivity (Wildman–Crippen MR) is 111 cm³/mol. The second-order valence-corrected chi connectivity index (χ2v) is 7.54. The predicted octanol–water partition coefficient (Wildman–Crippen LogP) is 3.09. The summed E-state index contributed by atoms with van der Waals surface area (Å²) in [5, 5.41) is 14.1. The van der Waals surface area contributed by atoms with E-state index in [1.807, 2.05) is 18.9 Å². The minimum Gasteiger partial charge on any atom is -0.372 e. The number of likely N-dealkylation sites (N-methyl/N-ethyl adjacent to an activating group) is 1. The number of hydrogen-bond acceptors (Lipinski definition) is 9. The topological polar surface area (TPSA) is 104 Å². The van der Waals surface area contributed by atoms with Crippen LogP contribution in [0.4, 0.5) is 23.0 Å². The molecule has 9 nitrogen and oxygen atoms in total. The van der Waals surface area contributed by atoms with Crippen LogP contribution in [0.5, 0.6) is 0 Å². The van der Waals surface area contributed by atoms with Gasteiger partial charge >= 0.3 is 0 Å². The highest BCUT2D eigenvalue weighted by atomic mass is 32.2. The molecule has 0 saturated carbocycles. The van der Waals surface area contributed by atoms with Crippen LogP contribution in [0.2, 0.25) is 0 Å². The summed E-state index contributed by atoms with van der Waals surface area (Å²) in [6.07, 6.45) is 2.51. The molecule has 0 fully saturated rings. The van der Waals surface area contributed by atoms with E-state index in [-0.39, 0.29) is 11.1 Å². The van der Waals surface area contributed by atoms with E-state index in [2.05, 4.69) is 15.3 Å². The summed E-state index contributed by atoms with van der Waals surface area (Å²) < 4.78 is 0. The lowest BCUT2D eigenvalue weighted by Crippen LogP contribution is -2.23. The van der Waals surface area contributed by atoms with Crippen LogP contribution in [-0.2, 0) is 4.79 Å². The number of aromatic nitrogens is 2. The Labute approximate surface area is 166 Å². The van der Waals surface area contributed by atoms with Gasteiger partial charge in [0.15, 0.2) is 6.29 Å². The molecule has 1 aliphatic heterocycles. The summed E-state index contributed by atoms with van der Waals surface area (Å²) in [6.45, 7) is 1.93. The van der Waals surface area contributed by atoms with E-state index in [0.717, 1.165) is 16.9 Å². The molecule has 0 bridgehead atoms. The molecule has 1 unspecified atom stereocenters. The molecule has 0 radical (unpaired) electrons. The van der Waals surface area contributed by atoms with Gasteiger partial charge in [0.2, 0.25) is 5.95 Å². The Morgan fingerprint density at radius 1 is 1.36 bits per heavy atom. The van der Waals surface area contributed by atoms with Gasteiger partial charge in [-0.3, -0.25) is 10.1 Å². The van der Waals surface area contributed by atoms with Crippen molar-refractivity contribution in [1.82, 2.24) is 14.9 Å². The van der Waals surface area contributed by atoms with Gasteiger partial charge in [-0.05, 0) is 25.1 Å². The number of rotatable bonds is 6. The van der Waals surface area contributed by atoms with Crippen LogP contribution >= 0.6 is 11.8 Å². The summed E-state index contributed by atoms with van der Waals surface area (Å²) in [4.78, 5) is 35.4. The fraction of sp³-hybridized carbons (Fsp3) is 0.278. The number of thioether (sulfide) groups is 1. The first kappa shape index (κ1) is 19.6. The summed E-state index contributed by atoms with van der Waals surface area (Å²) in [6, 6.07) is 6.64. The molecule has 10 heteroatoms. The Morgan fingerprint density at radius 3 is 2.71 bits per heavy atom. The molecule has 1 aliphatic rings. The van der Waals surface area contributed by atoms with Crippen molar-refractivity contribution in [3.63, 3.8) is 0 Å². The van der Waals surface area contributed by atoms with E-state index < -0.39 is 4.92 Å². The van der Waals surface area contributed by atoms with E-state index >= 15 is 0 Å². The Balaban J connectivity index is 1.89. The van der Waals surface area contributed by atoms with Crippen molar-refractivity contribution in [2.45, 2.75) is 12.3 Å². The third kappa shape index (κ3) is 3.77. The molecule has 3 rings (SSSR count). The van der Waals surface area contributed by atoms with Gasteiger partial charge in [-0.2, -0.15) is 0 Å². The molecule has 1 aromatic carbocycles. The van der Waals surface area contributed by atoms with Crippen LogP contribution in [0.1, 0.15) is 12.6 Å². The highest BCUT2D eigenvalue weighted by Crippen LogP contribution is 2.41. The van der Waals surface area contributed by atoms with Crippen molar-refractivity contribution < 1.29 is 9.72 Å². The number of nitro groups is 1. The van der Waals surface area contributed by atoms with E-state index in [1.54, 1.807) is 43.4 Å². The summed E-state index contributed by atoms with van der Waals surface area (Å²) >= 11 is 1.43. The normalized spacial score (nSPS) is 16.3. The zero-order chi connectivity index (χ0) is 20.4. The molecule has 1 atom stereocenters. The minimum absolute atomic E-state index is 0.00787. The van der Waals surface area contributed by atoms with Crippen LogP contribution in [-0.4, -0.2) is 52.6 Å². The molecule has 0 spiro atoms. The van der Waals surface area contributed by atoms with Crippen molar-refractivity contribution in [2.75, 3.05) is 31.4 Å². The number of aldehydes is 1. The van der Waals surface area contributed by atoms with E-state index in [0.29, 0.717) is 23.0 Å². The van der Waals surface area contributed by atoms with Crippen LogP contribution in [0, 0.1) is 10.1 Å². The molecule has 1 N–H and O–H groups in total. The second kappa shape index (κ2) is 7.85. The monoisotopic (exact) mass is 400 g/mol. The first-order chi connectivity index (χ1) is 13.3. The SMILES string of the molecule is CC1=C(c2ccnc(Nc3ccc(N(C)C)c([N+](=O)[O-])c3)n2)SC(C=O)N1C. The lowest BCUT2D eigenvalue weighted by Gasteiger charge is -2.16. The summed E-state index contributed by atoms with van der Waals surface area (Å²) in [5.74, 6) is 0.322. The molecule has 0 aliphatic carbocycles. The molecule has 0 saturated heterocycles. The number of carbonyl (C=O) groups excluding carboxylic acids is 1. The molecule has 2 heterocycles. The highest BCUT2D eigenvalue weighted by molar-refractivity contribution is 8.09.